The van der Waals surface area contributed by atoms with Gasteiger partial charge in [-0.2, -0.15) is 0 Å². The minimum Gasteiger partial charge on any atom is -0.406 e. The van der Waals surface area contributed by atoms with Crippen LogP contribution in [-0.4, -0.2) is 53.0 Å². The zero-order valence-electron chi connectivity index (χ0n) is 15.9. The van der Waals surface area contributed by atoms with Gasteiger partial charge in [-0.25, -0.2) is 18.6 Å². The monoisotopic (exact) mass is 437 g/mol. The van der Waals surface area contributed by atoms with Gasteiger partial charge in [-0.3, -0.25) is 14.7 Å². The quantitative estimate of drug-likeness (QED) is 0.609. The number of aromatic amines is 1. The molecule has 1 amide bonds. The van der Waals surface area contributed by atoms with Gasteiger partial charge in [0.2, 0.25) is 5.91 Å². The summed E-state index contributed by atoms with van der Waals surface area (Å²) in [4.78, 5) is 33.9. The van der Waals surface area contributed by atoms with E-state index in [9.17, 15) is 18.4 Å². The summed E-state index contributed by atoms with van der Waals surface area (Å²) in [6, 6.07) is 3.91. The van der Waals surface area contributed by atoms with Crippen LogP contribution in [0.2, 0.25) is 5.02 Å². The fraction of sp³-hybridized carbons (Fsp3) is 0.316. The molecular formula is C19H18ClF2N5O3. The second-order valence-electron chi connectivity index (χ2n) is 7.12. The number of nitrogens with one attached hydrogen (secondary N) is 2. The number of anilines is 2. The Morgan fingerprint density at radius 3 is 2.77 bits per heavy atom. The molecule has 11 heteroatoms. The van der Waals surface area contributed by atoms with E-state index in [1.54, 1.807) is 0 Å². The lowest BCUT2D eigenvalue weighted by atomic mass is 10.1. The van der Waals surface area contributed by atoms with Crippen molar-refractivity contribution in [2.24, 2.45) is 0 Å². The number of rotatable bonds is 4. The maximum atomic E-state index is 13.8. The molecule has 1 aliphatic heterocycles. The van der Waals surface area contributed by atoms with E-state index in [0.29, 0.717) is 36.7 Å². The highest BCUT2D eigenvalue weighted by atomic mass is 35.5. The Morgan fingerprint density at radius 1 is 1.33 bits per heavy atom. The molecular weight excluding hydrogens is 420 g/mol. The molecule has 0 radical (unpaired) electrons. The normalized spacial score (nSPS) is 17.5. The lowest BCUT2D eigenvalue weighted by molar-refractivity contribution is -0.117. The Balaban J connectivity index is 1.37. The number of H-pyrrole nitrogens is 1. The van der Waals surface area contributed by atoms with Crippen LogP contribution in [-0.2, 0) is 4.79 Å². The summed E-state index contributed by atoms with van der Waals surface area (Å²) in [6.45, 7) is 3.60. The van der Waals surface area contributed by atoms with Crippen molar-refractivity contribution >= 4 is 40.1 Å². The first kappa shape index (κ1) is 20.3. The van der Waals surface area contributed by atoms with Crippen molar-refractivity contribution in [3.8, 4) is 0 Å². The highest BCUT2D eigenvalue weighted by Gasteiger charge is 2.26. The minimum atomic E-state index is -0.801. The van der Waals surface area contributed by atoms with Crippen LogP contribution in [0.5, 0.6) is 0 Å². The Kier molecular flexibility index (Phi) is 5.44. The van der Waals surface area contributed by atoms with E-state index in [1.165, 1.54) is 24.4 Å². The second kappa shape index (κ2) is 8.04. The number of benzene rings is 1. The molecule has 158 valence electrons. The molecule has 2 N–H and O–H groups in total. The van der Waals surface area contributed by atoms with Crippen LogP contribution < -0.4 is 16.0 Å². The van der Waals surface area contributed by atoms with Gasteiger partial charge in [0, 0.05) is 37.4 Å². The van der Waals surface area contributed by atoms with Crippen LogP contribution in [0.25, 0.3) is 11.2 Å². The van der Waals surface area contributed by atoms with Crippen LogP contribution in [0, 0.1) is 11.6 Å². The van der Waals surface area contributed by atoms with Gasteiger partial charge < -0.3 is 14.6 Å². The van der Waals surface area contributed by atoms with Gasteiger partial charge in [-0.1, -0.05) is 11.6 Å². The molecule has 3 aromatic rings. The molecule has 2 aromatic heterocycles. The summed E-state index contributed by atoms with van der Waals surface area (Å²) >= 11 is 5.55. The number of amides is 1. The van der Waals surface area contributed by atoms with Crippen LogP contribution in [0.1, 0.15) is 6.92 Å². The molecule has 1 atom stereocenters. The summed E-state index contributed by atoms with van der Waals surface area (Å²) in [5.74, 6) is -2.47. The number of hydrogen-bond acceptors (Lipinski definition) is 6. The first-order chi connectivity index (χ1) is 14.3. The number of hydrogen-bond donors (Lipinski definition) is 2. The third-order valence-electron chi connectivity index (χ3n) is 5.01. The second-order valence-corrected chi connectivity index (χ2v) is 7.50. The van der Waals surface area contributed by atoms with Crippen molar-refractivity contribution in [1.82, 2.24) is 14.9 Å². The average molecular weight is 438 g/mol. The van der Waals surface area contributed by atoms with Gasteiger partial charge in [0.1, 0.15) is 16.7 Å². The van der Waals surface area contributed by atoms with Gasteiger partial charge in [0.05, 0.1) is 18.4 Å². The first-order valence-corrected chi connectivity index (χ1v) is 9.60. The highest BCUT2D eigenvalue weighted by Crippen LogP contribution is 2.27. The number of pyridine rings is 1. The maximum absolute atomic E-state index is 13.8. The van der Waals surface area contributed by atoms with Crippen molar-refractivity contribution in [2.75, 3.05) is 36.4 Å². The predicted octanol–water partition coefficient (Wildman–Crippen LogP) is 2.60. The van der Waals surface area contributed by atoms with Gasteiger partial charge in [0.25, 0.3) is 0 Å². The number of piperazine rings is 1. The van der Waals surface area contributed by atoms with E-state index in [1.807, 2.05) is 16.7 Å². The Bertz CT molecular complexity index is 1140. The third-order valence-corrected chi connectivity index (χ3v) is 5.37. The molecule has 0 bridgehead atoms. The number of fused-ring (bicyclic) bond motifs is 1. The molecule has 1 fully saturated rings. The lowest BCUT2D eigenvalue weighted by Crippen LogP contribution is -2.53. The molecule has 0 unspecified atom stereocenters. The first-order valence-electron chi connectivity index (χ1n) is 9.22. The topological polar surface area (TPSA) is 94.5 Å². The summed E-state index contributed by atoms with van der Waals surface area (Å²) in [5.41, 5.74) is 1.38. The summed E-state index contributed by atoms with van der Waals surface area (Å²) in [6.07, 6.45) is 1.43. The number of oxazole rings is 1. The average Bonchev–Trinajstić information content (AvgIpc) is 3.06. The van der Waals surface area contributed by atoms with Gasteiger partial charge in [-0.05, 0) is 19.1 Å². The number of carbonyl (C=O) groups is 1. The molecule has 30 heavy (non-hydrogen) atoms. The molecule has 4 rings (SSSR count). The minimum absolute atomic E-state index is 0.0328. The zero-order valence-corrected chi connectivity index (χ0v) is 16.7. The van der Waals surface area contributed by atoms with E-state index < -0.39 is 22.4 Å². The Hall–Kier alpha value is -2.98. The van der Waals surface area contributed by atoms with E-state index in [2.05, 4.69) is 15.3 Å². The van der Waals surface area contributed by atoms with Crippen molar-refractivity contribution < 1.29 is 18.0 Å². The highest BCUT2D eigenvalue weighted by molar-refractivity contribution is 6.31. The van der Waals surface area contributed by atoms with Crippen molar-refractivity contribution in [3.05, 3.63) is 51.6 Å². The van der Waals surface area contributed by atoms with Gasteiger partial charge in [-0.15, -0.1) is 0 Å². The van der Waals surface area contributed by atoms with E-state index in [0.717, 1.165) is 0 Å². The number of halogens is 3. The van der Waals surface area contributed by atoms with Crippen LogP contribution in [0.4, 0.5) is 20.2 Å². The van der Waals surface area contributed by atoms with Crippen molar-refractivity contribution in [1.29, 1.82) is 0 Å². The summed E-state index contributed by atoms with van der Waals surface area (Å²) < 4.78 is 32.4. The molecule has 0 saturated carbocycles. The summed E-state index contributed by atoms with van der Waals surface area (Å²) in [7, 11) is 0. The third kappa shape index (κ3) is 4.14. The molecule has 0 spiro atoms. The zero-order chi connectivity index (χ0) is 21.4. The number of aromatic nitrogens is 2. The van der Waals surface area contributed by atoms with Crippen molar-refractivity contribution in [2.45, 2.75) is 13.0 Å². The molecule has 0 aliphatic carbocycles. The molecule has 1 aromatic carbocycles. The van der Waals surface area contributed by atoms with Crippen molar-refractivity contribution in [3.63, 3.8) is 0 Å². The number of carbonyl (C=O) groups excluding carboxylic acids is 1. The predicted molar refractivity (Wildman–Crippen MR) is 108 cm³/mol. The fourth-order valence-corrected chi connectivity index (χ4v) is 3.59. The van der Waals surface area contributed by atoms with Gasteiger partial charge in [0.15, 0.2) is 11.2 Å². The Morgan fingerprint density at radius 2 is 2.07 bits per heavy atom. The molecule has 3 heterocycles. The standard InChI is InChI=1S/C19H18ClF2N5O3/c1-10-8-27(12-5-13(21)17(20)14(22)6-12)3-2-26(10)9-16(28)24-11-4-15-18(23-7-11)25-19(29)30-15/h4-7,10H,2-3,8-9H2,1H3,(H,24,28)(H,23,25,29)/t10-/m1/s1. The Labute approximate surface area is 174 Å². The lowest BCUT2D eigenvalue weighted by Gasteiger charge is -2.40. The van der Waals surface area contributed by atoms with Gasteiger partial charge >= 0.3 is 5.76 Å². The van der Waals surface area contributed by atoms with E-state index >= 15 is 0 Å². The summed E-state index contributed by atoms with van der Waals surface area (Å²) in [5, 5.41) is 2.21. The SMILES string of the molecule is C[C@@H]1CN(c2cc(F)c(Cl)c(F)c2)CCN1CC(=O)Nc1cnc2[nH]c(=O)oc2c1. The fourth-order valence-electron chi connectivity index (χ4n) is 3.48. The maximum Gasteiger partial charge on any atom is 0.418 e. The van der Waals surface area contributed by atoms with E-state index in [4.69, 9.17) is 16.0 Å². The van der Waals surface area contributed by atoms with E-state index in [-0.39, 0.29) is 24.1 Å². The molecule has 8 nitrogen and oxygen atoms in total. The van der Waals surface area contributed by atoms with Crippen LogP contribution in [0.3, 0.4) is 0 Å². The van der Waals surface area contributed by atoms with Crippen LogP contribution >= 0.6 is 11.6 Å². The smallest absolute Gasteiger partial charge is 0.406 e. The van der Waals surface area contributed by atoms with Crippen LogP contribution in [0.15, 0.2) is 33.6 Å². The molecule has 1 saturated heterocycles. The molecule has 1 aliphatic rings. The largest absolute Gasteiger partial charge is 0.418 e. The number of nitrogens with zero attached hydrogens (tertiary/aromatic N) is 3.